The number of benzene rings is 2. The van der Waals surface area contributed by atoms with Gasteiger partial charge in [0.15, 0.2) is 0 Å². The monoisotopic (exact) mass is 274 g/mol. The van der Waals surface area contributed by atoms with Crippen molar-refractivity contribution in [2.24, 2.45) is 0 Å². The van der Waals surface area contributed by atoms with E-state index in [2.05, 4.69) is 45.9 Å². The van der Waals surface area contributed by atoms with Crippen molar-refractivity contribution in [3.05, 3.63) is 58.1 Å². The van der Waals surface area contributed by atoms with Gasteiger partial charge in [0, 0.05) is 5.56 Å². The number of halogens is 1. The second-order valence-corrected chi connectivity index (χ2v) is 5.27. The van der Waals surface area contributed by atoms with E-state index in [1.54, 1.807) is 0 Å². The highest BCUT2D eigenvalue weighted by Gasteiger charge is 2.10. The number of alkyl halides is 1. The van der Waals surface area contributed by atoms with Crippen LogP contribution in [0.15, 0.2) is 30.3 Å². The summed E-state index contributed by atoms with van der Waals surface area (Å²) in [6.07, 6.45) is 0. The zero-order valence-corrected chi connectivity index (χ0v) is 12.6. The summed E-state index contributed by atoms with van der Waals surface area (Å²) in [6.45, 7) is 8.31. The number of hydrogen-bond acceptors (Lipinski definition) is 1. The maximum atomic E-state index is 6.11. The van der Waals surface area contributed by atoms with Gasteiger partial charge >= 0.3 is 0 Å². The van der Waals surface area contributed by atoms with Gasteiger partial charge in [-0.05, 0) is 50.5 Å². The van der Waals surface area contributed by atoms with Crippen LogP contribution in [0.2, 0.25) is 0 Å². The first-order chi connectivity index (χ1) is 9.02. The normalized spacial score (nSPS) is 10.6. The molecule has 0 radical (unpaired) electrons. The van der Waals surface area contributed by atoms with Gasteiger partial charge in [0.25, 0.3) is 0 Å². The molecule has 0 heterocycles. The SMILES string of the molecule is Cc1ccc(Oc2c(C)ccc(C)c2C)c(CCl)c1. The molecule has 0 N–H and O–H groups in total. The van der Waals surface area contributed by atoms with Gasteiger partial charge in [0.1, 0.15) is 11.5 Å². The zero-order valence-electron chi connectivity index (χ0n) is 11.9. The highest BCUT2D eigenvalue weighted by atomic mass is 35.5. The summed E-state index contributed by atoms with van der Waals surface area (Å²) in [5.41, 5.74) is 5.79. The molecule has 2 aromatic carbocycles. The van der Waals surface area contributed by atoms with Crippen molar-refractivity contribution in [3.8, 4) is 11.5 Å². The Balaban J connectivity index is 2.44. The lowest BCUT2D eigenvalue weighted by Gasteiger charge is -2.16. The van der Waals surface area contributed by atoms with E-state index in [0.29, 0.717) is 5.88 Å². The van der Waals surface area contributed by atoms with Crippen LogP contribution in [0, 0.1) is 27.7 Å². The van der Waals surface area contributed by atoms with E-state index in [9.17, 15) is 0 Å². The molecule has 0 unspecified atom stereocenters. The van der Waals surface area contributed by atoms with Crippen LogP contribution in [0.1, 0.15) is 27.8 Å². The first-order valence-electron chi connectivity index (χ1n) is 6.43. The van der Waals surface area contributed by atoms with E-state index in [-0.39, 0.29) is 0 Å². The molecule has 0 saturated carbocycles. The van der Waals surface area contributed by atoms with Crippen LogP contribution in [0.4, 0.5) is 0 Å². The molecule has 0 aliphatic heterocycles. The third kappa shape index (κ3) is 2.93. The molecule has 1 nitrogen and oxygen atoms in total. The summed E-state index contributed by atoms with van der Waals surface area (Å²) in [5.74, 6) is 2.24. The summed E-state index contributed by atoms with van der Waals surface area (Å²) in [7, 11) is 0. The van der Waals surface area contributed by atoms with Crippen molar-refractivity contribution >= 4 is 11.6 Å². The van der Waals surface area contributed by atoms with Crippen molar-refractivity contribution in [1.82, 2.24) is 0 Å². The third-order valence-corrected chi connectivity index (χ3v) is 3.73. The summed E-state index contributed by atoms with van der Waals surface area (Å²) in [6, 6.07) is 10.3. The fourth-order valence-electron chi connectivity index (χ4n) is 2.10. The van der Waals surface area contributed by atoms with Crippen LogP contribution in [0.5, 0.6) is 11.5 Å². The topological polar surface area (TPSA) is 9.23 Å². The van der Waals surface area contributed by atoms with Crippen molar-refractivity contribution in [2.45, 2.75) is 33.6 Å². The number of aryl methyl sites for hydroxylation is 3. The van der Waals surface area contributed by atoms with Gasteiger partial charge in [-0.25, -0.2) is 0 Å². The lowest BCUT2D eigenvalue weighted by molar-refractivity contribution is 0.470. The van der Waals surface area contributed by atoms with Gasteiger partial charge in [-0.2, -0.15) is 0 Å². The first-order valence-corrected chi connectivity index (χ1v) is 6.96. The summed E-state index contributed by atoms with van der Waals surface area (Å²) in [4.78, 5) is 0. The minimum atomic E-state index is 0.459. The van der Waals surface area contributed by atoms with Gasteiger partial charge in [0.2, 0.25) is 0 Å². The first kappa shape index (κ1) is 14.0. The predicted octanol–water partition coefficient (Wildman–Crippen LogP) is 5.45. The van der Waals surface area contributed by atoms with Crippen LogP contribution < -0.4 is 4.74 Å². The zero-order chi connectivity index (χ0) is 14.0. The fourth-order valence-corrected chi connectivity index (χ4v) is 2.31. The molecule has 0 spiro atoms. The predicted molar refractivity (Wildman–Crippen MR) is 81.5 cm³/mol. The molecule has 2 rings (SSSR count). The molecule has 2 heteroatoms. The Morgan fingerprint density at radius 3 is 2.32 bits per heavy atom. The maximum absolute atomic E-state index is 6.11. The van der Waals surface area contributed by atoms with E-state index in [4.69, 9.17) is 16.3 Å². The lowest BCUT2D eigenvalue weighted by Crippen LogP contribution is -1.96. The lowest BCUT2D eigenvalue weighted by atomic mass is 10.1. The van der Waals surface area contributed by atoms with E-state index in [1.807, 2.05) is 12.1 Å². The molecule has 0 aromatic heterocycles. The molecule has 0 aliphatic carbocycles. The second kappa shape index (κ2) is 5.66. The summed E-state index contributed by atoms with van der Waals surface area (Å²) >= 11 is 6.00. The van der Waals surface area contributed by atoms with E-state index < -0.39 is 0 Å². The molecule has 0 saturated heterocycles. The average molecular weight is 275 g/mol. The number of hydrogen-bond donors (Lipinski definition) is 0. The van der Waals surface area contributed by atoms with Crippen LogP contribution in [-0.2, 0) is 5.88 Å². The van der Waals surface area contributed by atoms with Crippen LogP contribution >= 0.6 is 11.6 Å². The molecule has 19 heavy (non-hydrogen) atoms. The quantitative estimate of drug-likeness (QED) is 0.676. The highest BCUT2D eigenvalue weighted by Crippen LogP contribution is 2.33. The Morgan fingerprint density at radius 1 is 0.947 bits per heavy atom. The molecule has 0 aliphatic rings. The Bertz CT molecular complexity index is 602. The Kier molecular flexibility index (Phi) is 4.16. The summed E-state index contributed by atoms with van der Waals surface area (Å²) in [5, 5.41) is 0. The van der Waals surface area contributed by atoms with Crippen LogP contribution in [0.3, 0.4) is 0 Å². The van der Waals surface area contributed by atoms with Crippen molar-refractivity contribution in [2.75, 3.05) is 0 Å². The largest absolute Gasteiger partial charge is 0.456 e. The minimum absolute atomic E-state index is 0.459. The smallest absolute Gasteiger partial charge is 0.133 e. The van der Waals surface area contributed by atoms with Crippen molar-refractivity contribution < 1.29 is 4.74 Å². The maximum Gasteiger partial charge on any atom is 0.133 e. The average Bonchev–Trinajstić information content (AvgIpc) is 2.40. The Morgan fingerprint density at radius 2 is 1.63 bits per heavy atom. The minimum Gasteiger partial charge on any atom is -0.456 e. The van der Waals surface area contributed by atoms with Gasteiger partial charge in [-0.15, -0.1) is 11.6 Å². The van der Waals surface area contributed by atoms with Gasteiger partial charge < -0.3 is 4.74 Å². The Labute approximate surface area is 120 Å². The van der Waals surface area contributed by atoms with Crippen LogP contribution in [-0.4, -0.2) is 0 Å². The van der Waals surface area contributed by atoms with E-state index >= 15 is 0 Å². The molecular weight excluding hydrogens is 256 g/mol. The van der Waals surface area contributed by atoms with Gasteiger partial charge in [-0.1, -0.05) is 29.8 Å². The third-order valence-electron chi connectivity index (χ3n) is 3.45. The fraction of sp³-hybridized carbons (Fsp3) is 0.294. The highest BCUT2D eigenvalue weighted by molar-refractivity contribution is 6.17. The molecule has 2 aromatic rings. The van der Waals surface area contributed by atoms with Crippen molar-refractivity contribution in [1.29, 1.82) is 0 Å². The molecular formula is C17H19ClO. The van der Waals surface area contributed by atoms with E-state index in [1.165, 1.54) is 16.7 Å². The molecule has 100 valence electrons. The van der Waals surface area contributed by atoms with Gasteiger partial charge in [0.05, 0.1) is 5.88 Å². The van der Waals surface area contributed by atoms with Crippen molar-refractivity contribution in [3.63, 3.8) is 0 Å². The van der Waals surface area contributed by atoms with Gasteiger partial charge in [-0.3, -0.25) is 0 Å². The van der Waals surface area contributed by atoms with E-state index in [0.717, 1.165) is 22.6 Å². The second-order valence-electron chi connectivity index (χ2n) is 5.00. The molecule has 0 fully saturated rings. The standard InChI is InChI=1S/C17H19ClO/c1-11-5-8-16(15(9-11)10-18)19-17-13(3)7-6-12(2)14(17)4/h5-9H,10H2,1-4H3. The number of ether oxygens (including phenoxy) is 1. The van der Waals surface area contributed by atoms with Crippen LogP contribution in [0.25, 0.3) is 0 Å². The Hall–Kier alpha value is -1.47. The molecule has 0 atom stereocenters. The number of rotatable bonds is 3. The molecule has 0 amide bonds. The molecule has 0 bridgehead atoms. The summed E-state index contributed by atoms with van der Waals surface area (Å²) < 4.78 is 6.11.